The molecule has 1 saturated heterocycles. The average Bonchev–Trinajstić information content (AvgIpc) is 3.03. The minimum atomic E-state index is -0.594. The fraction of sp³-hybridized carbons (Fsp3) is 0.765. The first-order chi connectivity index (χ1) is 11.6. The van der Waals surface area contributed by atoms with Crippen molar-refractivity contribution in [2.45, 2.75) is 43.8 Å². The molecule has 1 aliphatic heterocycles. The second-order valence-electron chi connectivity index (χ2n) is 6.94. The predicted octanol–water partition coefficient (Wildman–Crippen LogP) is 1.68. The van der Waals surface area contributed by atoms with Crippen molar-refractivity contribution in [1.82, 2.24) is 20.0 Å². The Hall–Kier alpha value is -0.870. The molecular formula is C17H30IN5O2. The third-order valence-corrected chi connectivity index (χ3v) is 5.03. The van der Waals surface area contributed by atoms with Crippen LogP contribution in [0.2, 0.25) is 0 Å². The highest BCUT2D eigenvalue weighted by molar-refractivity contribution is 14.0. The van der Waals surface area contributed by atoms with Crippen molar-refractivity contribution in [2.75, 3.05) is 33.3 Å². The first-order valence-electron chi connectivity index (χ1n) is 8.88. The molecule has 0 amide bonds. The number of nitrogens with zero attached hydrogens (tertiary/aromatic N) is 4. The molecule has 1 aliphatic carbocycles. The van der Waals surface area contributed by atoms with Crippen LogP contribution in [0.3, 0.4) is 0 Å². The standard InChI is InChI=1S/C17H29N5O2.HI/c1-18-16(19-13-17(23)6-4-3-5-7-17)22-8-9-24-15(12-22)14-10-20-21(2)11-14;/h10-11,15,23H,3-9,12-13H2,1-2H3,(H,18,19);1H. The number of ether oxygens (including phenoxy) is 1. The van der Waals surface area contributed by atoms with Crippen LogP contribution in [0.5, 0.6) is 0 Å². The van der Waals surface area contributed by atoms with Crippen molar-refractivity contribution in [3.05, 3.63) is 18.0 Å². The van der Waals surface area contributed by atoms with Gasteiger partial charge in [-0.3, -0.25) is 9.67 Å². The van der Waals surface area contributed by atoms with Crippen LogP contribution >= 0.6 is 24.0 Å². The Bertz CT molecular complexity index is 571. The number of nitrogens with one attached hydrogen (secondary N) is 1. The highest BCUT2D eigenvalue weighted by Crippen LogP contribution is 2.27. The van der Waals surface area contributed by atoms with Gasteiger partial charge in [0.1, 0.15) is 6.10 Å². The van der Waals surface area contributed by atoms with E-state index in [2.05, 4.69) is 20.3 Å². The third-order valence-electron chi connectivity index (χ3n) is 5.03. The van der Waals surface area contributed by atoms with Crippen molar-refractivity contribution >= 4 is 29.9 Å². The molecule has 2 heterocycles. The third kappa shape index (κ3) is 5.30. The Labute approximate surface area is 166 Å². The van der Waals surface area contributed by atoms with E-state index >= 15 is 0 Å². The Morgan fingerprint density at radius 2 is 2.20 bits per heavy atom. The van der Waals surface area contributed by atoms with Gasteiger partial charge in [-0.2, -0.15) is 5.10 Å². The summed E-state index contributed by atoms with van der Waals surface area (Å²) in [5, 5.41) is 18.3. The Morgan fingerprint density at radius 1 is 1.44 bits per heavy atom. The molecular weight excluding hydrogens is 433 g/mol. The topological polar surface area (TPSA) is 74.9 Å². The normalized spacial score (nSPS) is 23.9. The quantitative estimate of drug-likeness (QED) is 0.406. The van der Waals surface area contributed by atoms with E-state index in [-0.39, 0.29) is 30.1 Å². The molecule has 0 aromatic carbocycles. The molecule has 1 atom stereocenters. The summed E-state index contributed by atoms with van der Waals surface area (Å²) in [5.41, 5.74) is 0.493. The maximum atomic E-state index is 10.7. The molecule has 142 valence electrons. The highest BCUT2D eigenvalue weighted by Gasteiger charge is 2.31. The van der Waals surface area contributed by atoms with Crippen LogP contribution < -0.4 is 5.32 Å². The Kier molecular flexibility index (Phi) is 7.51. The molecule has 0 radical (unpaired) electrons. The second kappa shape index (κ2) is 9.18. The number of halogens is 1. The minimum absolute atomic E-state index is 0. The summed E-state index contributed by atoms with van der Waals surface area (Å²) >= 11 is 0. The van der Waals surface area contributed by atoms with Crippen LogP contribution in [0.25, 0.3) is 0 Å². The zero-order valence-corrected chi connectivity index (χ0v) is 17.5. The number of hydrogen-bond acceptors (Lipinski definition) is 4. The second-order valence-corrected chi connectivity index (χ2v) is 6.94. The first-order valence-corrected chi connectivity index (χ1v) is 8.88. The summed E-state index contributed by atoms with van der Waals surface area (Å²) in [4.78, 5) is 6.61. The summed E-state index contributed by atoms with van der Waals surface area (Å²) in [5.74, 6) is 0.839. The van der Waals surface area contributed by atoms with E-state index in [4.69, 9.17) is 4.74 Å². The monoisotopic (exact) mass is 463 g/mol. The Balaban J connectivity index is 0.00000225. The zero-order valence-electron chi connectivity index (χ0n) is 15.1. The van der Waals surface area contributed by atoms with E-state index in [1.54, 1.807) is 11.7 Å². The van der Waals surface area contributed by atoms with Gasteiger partial charge in [-0.05, 0) is 12.8 Å². The number of hydrogen-bond donors (Lipinski definition) is 2. The maximum Gasteiger partial charge on any atom is 0.193 e. The number of rotatable bonds is 3. The van der Waals surface area contributed by atoms with Crippen LogP contribution in [0.15, 0.2) is 17.4 Å². The van der Waals surface area contributed by atoms with Gasteiger partial charge < -0.3 is 20.1 Å². The van der Waals surface area contributed by atoms with Gasteiger partial charge in [0.25, 0.3) is 0 Å². The van der Waals surface area contributed by atoms with Gasteiger partial charge in [-0.1, -0.05) is 19.3 Å². The van der Waals surface area contributed by atoms with Crippen LogP contribution in [-0.4, -0.2) is 64.6 Å². The minimum Gasteiger partial charge on any atom is -0.388 e. The van der Waals surface area contributed by atoms with Gasteiger partial charge in [0.15, 0.2) is 5.96 Å². The molecule has 2 aliphatic rings. The van der Waals surface area contributed by atoms with Crippen LogP contribution in [0, 0.1) is 0 Å². The number of aromatic nitrogens is 2. The van der Waals surface area contributed by atoms with Gasteiger partial charge in [0.05, 0.1) is 24.9 Å². The van der Waals surface area contributed by atoms with E-state index in [0.29, 0.717) is 13.2 Å². The summed E-state index contributed by atoms with van der Waals surface area (Å²) in [7, 11) is 3.71. The van der Waals surface area contributed by atoms with E-state index in [9.17, 15) is 5.11 Å². The molecule has 1 aromatic rings. The molecule has 0 spiro atoms. The largest absolute Gasteiger partial charge is 0.388 e. The lowest BCUT2D eigenvalue weighted by molar-refractivity contribution is -0.0108. The fourth-order valence-corrected chi connectivity index (χ4v) is 3.61. The molecule has 1 unspecified atom stereocenters. The van der Waals surface area contributed by atoms with E-state index in [0.717, 1.165) is 50.3 Å². The van der Waals surface area contributed by atoms with Gasteiger partial charge in [0.2, 0.25) is 0 Å². The summed E-state index contributed by atoms with van der Waals surface area (Å²) in [6, 6.07) is 0. The van der Waals surface area contributed by atoms with E-state index < -0.39 is 5.60 Å². The van der Waals surface area contributed by atoms with Crippen molar-refractivity contribution in [3.63, 3.8) is 0 Å². The molecule has 0 bridgehead atoms. The molecule has 2 N–H and O–H groups in total. The van der Waals surface area contributed by atoms with E-state index in [1.165, 1.54) is 6.42 Å². The van der Waals surface area contributed by atoms with Gasteiger partial charge in [-0.15, -0.1) is 24.0 Å². The summed E-state index contributed by atoms with van der Waals surface area (Å²) in [6.07, 6.45) is 9.05. The number of guanidine groups is 1. The average molecular weight is 463 g/mol. The lowest BCUT2D eigenvalue weighted by Gasteiger charge is -2.37. The number of aliphatic hydroxyl groups is 1. The Morgan fingerprint density at radius 3 is 2.84 bits per heavy atom. The smallest absolute Gasteiger partial charge is 0.193 e. The van der Waals surface area contributed by atoms with Crippen molar-refractivity contribution in [1.29, 1.82) is 0 Å². The molecule has 1 saturated carbocycles. The van der Waals surface area contributed by atoms with Gasteiger partial charge >= 0.3 is 0 Å². The fourth-order valence-electron chi connectivity index (χ4n) is 3.61. The summed E-state index contributed by atoms with van der Waals surface area (Å²) < 4.78 is 7.68. The van der Waals surface area contributed by atoms with E-state index in [1.807, 2.05) is 19.4 Å². The highest BCUT2D eigenvalue weighted by atomic mass is 127. The van der Waals surface area contributed by atoms with Crippen LogP contribution in [0.4, 0.5) is 0 Å². The lowest BCUT2D eigenvalue weighted by Crippen LogP contribution is -2.52. The van der Waals surface area contributed by atoms with Crippen molar-refractivity contribution in [3.8, 4) is 0 Å². The van der Waals surface area contributed by atoms with Crippen molar-refractivity contribution in [2.24, 2.45) is 12.0 Å². The van der Waals surface area contributed by atoms with Gasteiger partial charge in [0, 0.05) is 38.9 Å². The van der Waals surface area contributed by atoms with Gasteiger partial charge in [-0.25, -0.2) is 0 Å². The lowest BCUT2D eigenvalue weighted by atomic mass is 9.85. The van der Waals surface area contributed by atoms with Crippen LogP contribution in [-0.2, 0) is 11.8 Å². The molecule has 25 heavy (non-hydrogen) atoms. The number of aryl methyl sites for hydroxylation is 1. The molecule has 7 nitrogen and oxygen atoms in total. The molecule has 2 fully saturated rings. The number of morpholine rings is 1. The predicted molar refractivity (Wildman–Crippen MR) is 108 cm³/mol. The maximum absolute atomic E-state index is 10.7. The molecule has 1 aromatic heterocycles. The summed E-state index contributed by atoms with van der Waals surface area (Å²) in [6.45, 7) is 2.76. The van der Waals surface area contributed by atoms with Crippen molar-refractivity contribution < 1.29 is 9.84 Å². The number of aliphatic imine (C=N–C) groups is 1. The molecule has 8 heteroatoms. The molecule has 3 rings (SSSR count). The SMILES string of the molecule is CN=C(NCC1(O)CCCCC1)N1CCOC(c2cnn(C)c2)C1.I. The van der Waals surface area contributed by atoms with Crippen LogP contribution in [0.1, 0.15) is 43.8 Å². The first kappa shape index (κ1) is 20.4. The zero-order chi connectivity index (χ0) is 17.0.